The minimum absolute atomic E-state index is 0.130. The largest absolute Gasteiger partial charge is 0.433 e. The minimum Gasteiger partial charge on any atom is -0.343 e. The van der Waals surface area contributed by atoms with Gasteiger partial charge in [0.2, 0.25) is 11.1 Å². The number of hydrogen-bond acceptors (Lipinski definition) is 7. The maximum Gasteiger partial charge on any atom is 0.433 e. The standard InChI is InChI=1S/C13H15F3N6S/c1-8-7-10(13(14,15)16)18-11(17-8)21-3-5-22(6-4-21)12-20-19-9(2)23-12/h7H,3-6H2,1-2H3. The number of anilines is 2. The highest BCUT2D eigenvalue weighted by Crippen LogP contribution is 2.29. The fourth-order valence-electron chi connectivity index (χ4n) is 2.35. The minimum atomic E-state index is -4.46. The Morgan fingerprint density at radius 1 is 1.00 bits per heavy atom. The van der Waals surface area contributed by atoms with Crippen LogP contribution in [-0.2, 0) is 6.18 Å². The first-order valence-electron chi connectivity index (χ1n) is 7.06. The van der Waals surface area contributed by atoms with Gasteiger partial charge in [-0.15, -0.1) is 10.2 Å². The van der Waals surface area contributed by atoms with Gasteiger partial charge in [-0.1, -0.05) is 11.3 Å². The lowest BCUT2D eigenvalue weighted by molar-refractivity contribution is -0.141. The van der Waals surface area contributed by atoms with Crippen molar-refractivity contribution in [3.05, 3.63) is 22.5 Å². The molecular formula is C13H15F3N6S. The van der Waals surface area contributed by atoms with E-state index in [0.29, 0.717) is 31.9 Å². The molecule has 6 nitrogen and oxygen atoms in total. The molecule has 0 radical (unpaired) electrons. The maximum atomic E-state index is 12.9. The molecule has 0 aliphatic carbocycles. The van der Waals surface area contributed by atoms with E-state index in [9.17, 15) is 13.2 Å². The average molecular weight is 344 g/mol. The summed E-state index contributed by atoms with van der Waals surface area (Å²) in [6.07, 6.45) is -4.46. The van der Waals surface area contributed by atoms with Crippen molar-refractivity contribution in [1.82, 2.24) is 20.2 Å². The number of piperazine rings is 1. The lowest BCUT2D eigenvalue weighted by atomic mass is 10.3. The van der Waals surface area contributed by atoms with Gasteiger partial charge < -0.3 is 9.80 Å². The van der Waals surface area contributed by atoms with Crippen molar-refractivity contribution in [2.75, 3.05) is 36.0 Å². The molecule has 1 saturated heterocycles. The summed E-state index contributed by atoms with van der Waals surface area (Å²) in [5, 5.41) is 9.80. The van der Waals surface area contributed by atoms with E-state index in [0.717, 1.165) is 16.2 Å². The van der Waals surface area contributed by atoms with Crippen molar-refractivity contribution in [3.63, 3.8) is 0 Å². The molecule has 10 heteroatoms. The number of hydrogen-bond donors (Lipinski definition) is 0. The van der Waals surface area contributed by atoms with Crippen molar-refractivity contribution in [2.24, 2.45) is 0 Å². The van der Waals surface area contributed by atoms with Crippen LogP contribution in [0.4, 0.5) is 24.3 Å². The van der Waals surface area contributed by atoms with Crippen molar-refractivity contribution < 1.29 is 13.2 Å². The predicted molar refractivity (Wildman–Crippen MR) is 80.8 cm³/mol. The molecule has 2 aromatic heterocycles. The van der Waals surface area contributed by atoms with E-state index < -0.39 is 11.9 Å². The van der Waals surface area contributed by atoms with Crippen molar-refractivity contribution in [3.8, 4) is 0 Å². The lowest BCUT2D eigenvalue weighted by Crippen LogP contribution is -2.47. The fourth-order valence-corrected chi connectivity index (χ4v) is 3.09. The number of rotatable bonds is 2. The quantitative estimate of drug-likeness (QED) is 0.833. The zero-order valence-corrected chi connectivity index (χ0v) is 13.4. The van der Waals surface area contributed by atoms with E-state index in [4.69, 9.17) is 0 Å². The molecular weight excluding hydrogens is 329 g/mol. The molecule has 1 aliphatic heterocycles. The van der Waals surface area contributed by atoms with Crippen LogP contribution < -0.4 is 9.80 Å². The van der Waals surface area contributed by atoms with Crippen LogP contribution >= 0.6 is 11.3 Å². The highest BCUT2D eigenvalue weighted by molar-refractivity contribution is 7.15. The zero-order valence-electron chi connectivity index (χ0n) is 12.6. The summed E-state index contributed by atoms with van der Waals surface area (Å²) >= 11 is 1.50. The topological polar surface area (TPSA) is 58.0 Å². The third kappa shape index (κ3) is 3.52. The van der Waals surface area contributed by atoms with Crippen LogP contribution in [-0.4, -0.2) is 46.3 Å². The number of halogens is 3. The van der Waals surface area contributed by atoms with E-state index in [1.54, 1.807) is 11.8 Å². The van der Waals surface area contributed by atoms with Gasteiger partial charge in [-0.2, -0.15) is 13.2 Å². The van der Waals surface area contributed by atoms with Gasteiger partial charge in [-0.25, -0.2) is 9.97 Å². The predicted octanol–water partition coefficient (Wildman–Crippen LogP) is 2.29. The van der Waals surface area contributed by atoms with Crippen LogP contribution in [0.2, 0.25) is 0 Å². The molecule has 1 fully saturated rings. The summed E-state index contributed by atoms with van der Waals surface area (Å²) in [4.78, 5) is 11.7. The molecule has 0 N–H and O–H groups in total. The molecule has 0 spiro atoms. The molecule has 1 aliphatic rings. The summed E-state index contributed by atoms with van der Waals surface area (Å²) in [7, 11) is 0. The SMILES string of the molecule is Cc1cc(C(F)(F)F)nc(N2CCN(c3nnc(C)s3)CC2)n1. The Kier molecular flexibility index (Phi) is 4.09. The Morgan fingerprint density at radius 2 is 1.65 bits per heavy atom. The van der Waals surface area contributed by atoms with Crippen LogP contribution in [0.3, 0.4) is 0 Å². The van der Waals surface area contributed by atoms with Crippen molar-refractivity contribution in [1.29, 1.82) is 0 Å². The third-order valence-corrected chi connectivity index (χ3v) is 4.38. The van der Waals surface area contributed by atoms with Gasteiger partial charge in [0.05, 0.1) is 0 Å². The van der Waals surface area contributed by atoms with Crippen LogP contribution in [0.1, 0.15) is 16.4 Å². The summed E-state index contributed by atoms with van der Waals surface area (Å²) in [6.45, 7) is 5.80. The van der Waals surface area contributed by atoms with Gasteiger partial charge in [0.15, 0.2) is 0 Å². The monoisotopic (exact) mass is 344 g/mol. The molecule has 0 atom stereocenters. The molecule has 0 aromatic carbocycles. The van der Waals surface area contributed by atoms with E-state index in [1.165, 1.54) is 11.3 Å². The normalized spacial score (nSPS) is 16.0. The van der Waals surface area contributed by atoms with Gasteiger partial charge in [0.25, 0.3) is 0 Å². The Morgan fingerprint density at radius 3 is 2.22 bits per heavy atom. The van der Waals surface area contributed by atoms with Crippen molar-refractivity contribution >= 4 is 22.4 Å². The summed E-state index contributed by atoms with van der Waals surface area (Å²) in [6, 6.07) is 0.962. The second-order valence-electron chi connectivity index (χ2n) is 5.27. The molecule has 3 heterocycles. The second-order valence-corrected chi connectivity index (χ2v) is 6.43. The van der Waals surface area contributed by atoms with Crippen molar-refractivity contribution in [2.45, 2.75) is 20.0 Å². The van der Waals surface area contributed by atoms with Gasteiger partial charge in [0.1, 0.15) is 10.7 Å². The number of alkyl halides is 3. The highest BCUT2D eigenvalue weighted by Gasteiger charge is 2.34. The fraction of sp³-hybridized carbons (Fsp3) is 0.538. The molecule has 0 saturated carbocycles. The Hall–Kier alpha value is -1.97. The van der Waals surface area contributed by atoms with E-state index in [2.05, 4.69) is 25.1 Å². The second kappa shape index (κ2) is 5.91. The summed E-state index contributed by atoms with van der Waals surface area (Å²) in [5.74, 6) is 0.130. The van der Waals surface area contributed by atoms with Gasteiger partial charge in [-0.05, 0) is 19.9 Å². The Balaban J connectivity index is 1.74. The molecule has 23 heavy (non-hydrogen) atoms. The third-order valence-electron chi connectivity index (χ3n) is 3.48. The highest BCUT2D eigenvalue weighted by atomic mass is 32.1. The van der Waals surface area contributed by atoms with E-state index in [-0.39, 0.29) is 5.95 Å². The number of aromatic nitrogens is 4. The van der Waals surface area contributed by atoms with E-state index in [1.807, 2.05) is 6.92 Å². The van der Waals surface area contributed by atoms with Crippen LogP contribution in [0.15, 0.2) is 6.07 Å². The first-order valence-corrected chi connectivity index (χ1v) is 7.87. The molecule has 0 amide bonds. The van der Waals surface area contributed by atoms with Crippen LogP contribution in [0, 0.1) is 13.8 Å². The smallest absolute Gasteiger partial charge is 0.343 e. The maximum absolute atomic E-state index is 12.9. The number of nitrogens with zero attached hydrogens (tertiary/aromatic N) is 6. The lowest BCUT2D eigenvalue weighted by Gasteiger charge is -2.34. The first-order chi connectivity index (χ1) is 10.8. The average Bonchev–Trinajstić information content (AvgIpc) is 2.92. The molecule has 124 valence electrons. The van der Waals surface area contributed by atoms with Gasteiger partial charge in [-0.3, -0.25) is 0 Å². The van der Waals surface area contributed by atoms with Gasteiger partial charge in [0, 0.05) is 31.9 Å². The first kappa shape index (κ1) is 15.9. The summed E-state index contributed by atoms with van der Waals surface area (Å²) < 4.78 is 38.6. The summed E-state index contributed by atoms with van der Waals surface area (Å²) in [5.41, 5.74) is -0.591. The van der Waals surface area contributed by atoms with Gasteiger partial charge >= 0.3 is 6.18 Å². The molecule has 2 aromatic rings. The Bertz CT molecular complexity index is 693. The number of aryl methyl sites for hydroxylation is 2. The zero-order chi connectivity index (χ0) is 16.6. The molecule has 0 unspecified atom stereocenters. The molecule has 3 rings (SSSR count). The van der Waals surface area contributed by atoms with Crippen LogP contribution in [0.5, 0.6) is 0 Å². The van der Waals surface area contributed by atoms with Crippen LogP contribution in [0.25, 0.3) is 0 Å². The van der Waals surface area contributed by atoms with E-state index >= 15 is 0 Å². The molecule has 0 bridgehead atoms. The Labute approximate surface area is 135 Å².